The highest BCUT2D eigenvalue weighted by atomic mass is 32.2. The maximum Gasteiger partial charge on any atom is 0.303 e. The van der Waals surface area contributed by atoms with Gasteiger partial charge in [0.2, 0.25) is 5.95 Å². The van der Waals surface area contributed by atoms with Gasteiger partial charge < -0.3 is 5.32 Å². The number of hydrogen-bond acceptors (Lipinski definition) is 6. The van der Waals surface area contributed by atoms with Crippen LogP contribution in [0.5, 0.6) is 0 Å². The van der Waals surface area contributed by atoms with Crippen LogP contribution in [-0.2, 0) is 10.2 Å². The number of aromatic amines is 1. The molecule has 0 atom stereocenters. The minimum atomic E-state index is -3.74. The van der Waals surface area contributed by atoms with Crippen molar-refractivity contribution in [3.63, 3.8) is 0 Å². The van der Waals surface area contributed by atoms with Crippen LogP contribution in [0.15, 0.2) is 54.9 Å². The second-order valence-electron chi connectivity index (χ2n) is 6.86. The fourth-order valence-electron chi connectivity index (χ4n) is 3.23. The molecular formula is C19H21N7O3S. The van der Waals surface area contributed by atoms with E-state index in [1.165, 1.54) is 16.7 Å². The Kier molecular flexibility index (Phi) is 5.72. The minimum absolute atomic E-state index is 0.0291. The van der Waals surface area contributed by atoms with E-state index < -0.39 is 10.2 Å². The average molecular weight is 427 g/mol. The van der Waals surface area contributed by atoms with Crippen molar-refractivity contribution >= 4 is 22.1 Å². The van der Waals surface area contributed by atoms with Crippen molar-refractivity contribution in [1.29, 1.82) is 0 Å². The van der Waals surface area contributed by atoms with Gasteiger partial charge in [-0.05, 0) is 25.0 Å². The van der Waals surface area contributed by atoms with E-state index in [2.05, 4.69) is 30.2 Å². The average Bonchev–Trinajstić information content (AvgIpc) is 3.26. The van der Waals surface area contributed by atoms with Gasteiger partial charge in [-0.1, -0.05) is 30.3 Å². The molecule has 0 unspecified atom stereocenters. The second kappa shape index (κ2) is 8.59. The molecule has 1 saturated heterocycles. The van der Waals surface area contributed by atoms with Crippen molar-refractivity contribution in [1.82, 2.24) is 29.8 Å². The molecule has 0 bridgehead atoms. The van der Waals surface area contributed by atoms with Crippen LogP contribution < -0.4 is 10.0 Å². The predicted octanol–water partition coefficient (Wildman–Crippen LogP) is 1.42. The predicted molar refractivity (Wildman–Crippen MR) is 111 cm³/mol. The topological polar surface area (TPSA) is 133 Å². The molecule has 1 fully saturated rings. The summed E-state index contributed by atoms with van der Waals surface area (Å²) in [6, 6.07) is 12.8. The first-order chi connectivity index (χ1) is 14.5. The molecule has 3 aromatic rings. The molecule has 3 heterocycles. The van der Waals surface area contributed by atoms with Crippen LogP contribution in [-0.4, -0.2) is 57.9 Å². The SMILES string of the molecule is O=C(NC1CCN(S(=O)(=O)Nc2ncccn2)CC1)c1cc(-c2ccccc2)n[nH]1. The van der Waals surface area contributed by atoms with Crippen LogP contribution in [0.1, 0.15) is 23.3 Å². The highest BCUT2D eigenvalue weighted by molar-refractivity contribution is 7.90. The fourth-order valence-corrected chi connectivity index (χ4v) is 4.39. The van der Waals surface area contributed by atoms with Gasteiger partial charge in [0, 0.05) is 37.1 Å². The Labute approximate surface area is 173 Å². The van der Waals surface area contributed by atoms with E-state index in [0.29, 0.717) is 24.2 Å². The molecule has 1 aromatic carbocycles. The molecule has 11 heteroatoms. The van der Waals surface area contributed by atoms with Crippen LogP contribution in [0.25, 0.3) is 11.3 Å². The Balaban J connectivity index is 1.31. The lowest BCUT2D eigenvalue weighted by atomic mass is 10.1. The Bertz CT molecular complexity index is 1100. The summed E-state index contributed by atoms with van der Waals surface area (Å²) in [5.41, 5.74) is 1.98. The van der Waals surface area contributed by atoms with E-state index in [4.69, 9.17) is 0 Å². The molecule has 1 aliphatic heterocycles. The number of hydrogen-bond donors (Lipinski definition) is 3. The van der Waals surface area contributed by atoms with E-state index >= 15 is 0 Å². The third-order valence-electron chi connectivity index (χ3n) is 4.81. The van der Waals surface area contributed by atoms with Gasteiger partial charge >= 0.3 is 10.2 Å². The van der Waals surface area contributed by atoms with Gasteiger partial charge in [-0.25, -0.2) is 14.7 Å². The third kappa shape index (κ3) is 4.63. The first kappa shape index (κ1) is 20.0. The summed E-state index contributed by atoms with van der Waals surface area (Å²) in [6.07, 6.45) is 3.93. The van der Waals surface area contributed by atoms with E-state index in [1.807, 2.05) is 30.3 Å². The number of carbonyl (C=O) groups is 1. The second-order valence-corrected chi connectivity index (χ2v) is 8.53. The third-order valence-corrected chi connectivity index (χ3v) is 6.29. The van der Waals surface area contributed by atoms with Gasteiger partial charge in [0.1, 0.15) is 5.69 Å². The molecule has 0 saturated carbocycles. The van der Waals surface area contributed by atoms with Gasteiger partial charge in [0.05, 0.1) is 5.69 Å². The molecule has 0 radical (unpaired) electrons. The summed E-state index contributed by atoms with van der Waals surface area (Å²) in [6.45, 7) is 0.566. The Hall–Kier alpha value is -3.31. The Morgan fingerprint density at radius 3 is 2.47 bits per heavy atom. The number of benzene rings is 1. The van der Waals surface area contributed by atoms with Crippen molar-refractivity contribution in [2.24, 2.45) is 0 Å². The number of piperidine rings is 1. The lowest BCUT2D eigenvalue weighted by Crippen LogP contribution is -2.48. The zero-order valence-electron chi connectivity index (χ0n) is 16.0. The van der Waals surface area contributed by atoms with Gasteiger partial charge in [0.15, 0.2) is 0 Å². The zero-order chi connectivity index (χ0) is 21.0. The van der Waals surface area contributed by atoms with E-state index in [0.717, 1.165) is 5.56 Å². The Morgan fingerprint density at radius 2 is 1.77 bits per heavy atom. The molecule has 1 aliphatic rings. The summed E-state index contributed by atoms with van der Waals surface area (Å²) in [5, 5.41) is 9.90. The lowest BCUT2D eigenvalue weighted by molar-refractivity contribution is 0.0919. The van der Waals surface area contributed by atoms with Gasteiger partial charge in [-0.2, -0.15) is 17.8 Å². The molecule has 30 heavy (non-hydrogen) atoms. The summed E-state index contributed by atoms with van der Waals surface area (Å²) in [4.78, 5) is 20.3. The summed E-state index contributed by atoms with van der Waals surface area (Å²) in [5.74, 6) is -0.233. The number of amides is 1. The zero-order valence-corrected chi connectivity index (χ0v) is 16.8. The Morgan fingerprint density at radius 1 is 1.07 bits per heavy atom. The fraction of sp³-hybridized carbons (Fsp3) is 0.263. The number of rotatable bonds is 6. The van der Waals surface area contributed by atoms with Crippen molar-refractivity contribution in [2.45, 2.75) is 18.9 Å². The minimum Gasteiger partial charge on any atom is -0.348 e. The van der Waals surface area contributed by atoms with Gasteiger partial charge in [0.25, 0.3) is 5.91 Å². The lowest BCUT2D eigenvalue weighted by Gasteiger charge is -2.31. The first-order valence-corrected chi connectivity index (χ1v) is 10.9. The molecule has 3 N–H and O–H groups in total. The van der Waals surface area contributed by atoms with Crippen LogP contribution >= 0.6 is 0 Å². The molecule has 0 aliphatic carbocycles. The number of nitrogens with zero attached hydrogens (tertiary/aromatic N) is 4. The first-order valence-electron chi connectivity index (χ1n) is 9.48. The van der Waals surface area contributed by atoms with Crippen molar-refractivity contribution in [3.8, 4) is 11.3 Å². The van der Waals surface area contributed by atoms with Crippen molar-refractivity contribution in [3.05, 3.63) is 60.6 Å². The van der Waals surface area contributed by atoms with Gasteiger partial charge in [-0.15, -0.1) is 0 Å². The molecule has 10 nitrogen and oxygen atoms in total. The molecule has 1 amide bonds. The number of carbonyl (C=O) groups excluding carboxylic acids is 1. The van der Waals surface area contributed by atoms with Crippen LogP contribution in [0.2, 0.25) is 0 Å². The number of nitrogens with one attached hydrogen (secondary N) is 3. The highest BCUT2D eigenvalue weighted by Gasteiger charge is 2.29. The maximum absolute atomic E-state index is 12.5. The van der Waals surface area contributed by atoms with E-state index in [9.17, 15) is 13.2 Å². The van der Waals surface area contributed by atoms with Gasteiger partial charge in [-0.3, -0.25) is 9.89 Å². The van der Waals surface area contributed by atoms with Crippen LogP contribution in [0, 0.1) is 0 Å². The standard InChI is InChI=1S/C19H21N7O3S/c27-18(17-13-16(23-24-17)14-5-2-1-3-6-14)22-15-7-11-26(12-8-15)30(28,29)25-19-20-9-4-10-21-19/h1-6,9-10,13,15H,7-8,11-12H2,(H,22,27)(H,23,24)(H,20,21,25). The monoisotopic (exact) mass is 427 g/mol. The highest BCUT2D eigenvalue weighted by Crippen LogP contribution is 2.18. The molecular weight excluding hydrogens is 406 g/mol. The normalized spacial score (nSPS) is 15.6. The largest absolute Gasteiger partial charge is 0.348 e. The summed E-state index contributed by atoms with van der Waals surface area (Å²) >= 11 is 0. The number of anilines is 1. The van der Waals surface area contributed by atoms with Crippen LogP contribution in [0.4, 0.5) is 5.95 Å². The van der Waals surface area contributed by atoms with E-state index in [1.54, 1.807) is 12.1 Å². The number of H-pyrrole nitrogens is 1. The van der Waals surface area contributed by atoms with Crippen LogP contribution in [0.3, 0.4) is 0 Å². The quantitative estimate of drug-likeness (QED) is 0.545. The smallest absolute Gasteiger partial charge is 0.303 e. The molecule has 0 spiro atoms. The molecule has 2 aromatic heterocycles. The molecule has 4 rings (SSSR count). The van der Waals surface area contributed by atoms with Crippen molar-refractivity contribution < 1.29 is 13.2 Å². The molecule has 156 valence electrons. The maximum atomic E-state index is 12.5. The summed E-state index contributed by atoms with van der Waals surface area (Å²) in [7, 11) is -3.74. The number of aromatic nitrogens is 4. The van der Waals surface area contributed by atoms with Crippen molar-refractivity contribution in [2.75, 3.05) is 17.8 Å². The summed E-state index contributed by atoms with van der Waals surface area (Å²) < 4.78 is 28.6. The van der Waals surface area contributed by atoms with E-state index in [-0.39, 0.29) is 31.0 Å².